The minimum atomic E-state index is -0.531. The van der Waals surface area contributed by atoms with Gasteiger partial charge in [-0.3, -0.25) is 0 Å². The summed E-state index contributed by atoms with van der Waals surface area (Å²) >= 11 is 0. The van der Waals surface area contributed by atoms with E-state index in [0.717, 1.165) is 0 Å². The fraction of sp³-hybridized carbons (Fsp3) is 0.200. The molecule has 70 valence electrons. The van der Waals surface area contributed by atoms with Gasteiger partial charge in [-0.05, 0) is 12.1 Å². The molecule has 1 aromatic rings. The van der Waals surface area contributed by atoms with Crippen LogP contribution in [0.5, 0.6) is 5.75 Å². The van der Waals surface area contributed by atoms with Crippen molar-refractivity contribution in [2.24, 2.45) is 5.73 Å². The Labute approximate surface area is 76.8 Å². The summed E-state index contributed by atoms with van der Waals surface area (Å²) in [7, 11) is 1.48. The van der Waals surface area contributed by atoms with E-state index in [0.29, 0.717) is 11.3 Å². The first-order valence-electron chi connectivity index (χ1n) is 3.91. The van der Waals surface area contributed by atoms with E-state index in [2.05, 4.69) is 6.58 Å². The Hall–Kier alpha value is -1.35. The van der Waals surface area contributed by atoms with E-state index in [1.54, 1.807) is 12.1 Å². The van der Waals surface area contributed by atoms with Crippen LogP contribution in [0.15, 0.2) is 30.9 Å². The minimum Gasteiger partial charge on any atom is -0.496 e. The van der Waals surface area contributed by atoms with Crippen molar-refractivity contribution in [3.63, 3.8) is 0 Å². The quantitative estimate of drug-likeness (QED) is 0.724. The Kier molecular flexibility index (Phi) is 3.03. The van der Waals surface area contributed by atoms with Crippen LogP contribution >= 0.6 is 0 Å². The summed E-state index contributed by atoms with van der Waals surface area (Å²) in [5.41, 5.74) is 5.98. The molecule has 0 spiro atoms. The van der Waals surface area contributed by atoms with Gasteiger partial charge in [-0.1, -0.05) is 12.1 Å². The number of ether oxygens (including phenoxy) is 1. The molecule has 1 rings (SSSR count). The molecule has 0 fully saturated rings. The van der Waals surface area contributed by atoms with Gasteiger partial charge in [-0.15, -0.1) is 6.58 Å². The van der Waals surface area contributed by atoms with Crippen LogP contribution in [0.1, 0.15) is 11.6 Å². The van der Waals surface area contributed by atoms with E-state index in [1.807, 2.05) is 0 Å². The lowest BCUT2D eigenvalue weighted by atomic mass is 10.1. The first kappa shape index (κ1) is 9.74. The summed E-state index contributed by atoms with van der Waals surface area (Å²) in [6.45, 7) is 3.51. The molecule has 1 atom stereocenters. The molecule has 2 nitrogen and oxygen atoms in total. The van der Waals surface area contributed by atoms with Crippen molar-refractivity contribution in [1.82, 2.24) is 0 Å². The van der Waals surface area contributed by atoms with Gasteiger partial charge < -0.3 is 10.5 Å². The molecular formula is C10H12FNO. The zero-order chi connectivity index (χ0) is 9.84. The summed E-state index contributed by atoms with van der Waals surface area (Å²) < 4.78 is 18.2. The second-order valence-electron chi connectivity index (χ2n) is 2.62. The Bertz CT molecular complexity index is 312. The van der Waals surface area contributed by atoms with Crippen molar-refractivity contribution >= 4 is 0 Å². The molecule has 13 heavy (non-hydrogen) atoms. The van der Waals surface area contributed by atoms with Crippen LogP contribution in [0.4, 0.5) is 4.39 Å². The third-order valence-electron chi connectivity index (χ3n) is 1.82. The summed E-state index contributed by atoms with van der Waals surface area (Å²) in [5, 5.41) is 0. The lowest BCUT2D eigenvalue weighted by Crippen LogP contribution is -2.10. The summed E-state index contributed by atoms with van der Waals surface area (Å²) in [6.07, 6.45) is 1.47. The number of rotatable bonds is 3. The summed E-state index contributed by atoms with van der Waals surface area (Å²) in [5.74, 6) is 0.0825. The lowest BCUT2D eigenvalue weighted by Gasteiger charge is -2.12. The highest BCUT2D eigenvalue weighted by atomic mass is 19.1. The maximum atomic E-state index is 13.3. The van der Waals surface area contributed by atoms with Crippen molar-refractivity contribution in [2.75, 3.05) is 7.11 Å². The molecule has 0 aliphatic carbocycles. The highest BCUT2D eigenvalue weighted by Gasteiger charge is 2.13. The monoisotopic (exact) mass is 181 g/mol. The Balaban J connectivity index is 3.22. The average Bonchev–Trinajstić information content (AvgIpc) is 2.16. The van der Waals surface area contributed by atoms with Crippen LogP contribution in [0.25, 0.3) is 0 Å². The Morgan fingerprint density at radius 1 is 1.62 bits per heavy atom. The molecule has 0 heterocycles. The minimum absolute atomic E-state index is 0.347. The molecule has 0 radical (unpaired) electrons. The maximum Gasteiger partial charge on any atom is 0.132 e. The third-order valence-corrected chi connectivity index (χ3v) is 1.82. The van der Waals surface area contributed by atoms with Crippen molar-refractivity contribution in [3.05, 3.63) is 42.2 Å². The predicted molar refractivity (Wildman–Crippen MR) is 50.1 cm³/mol. The van der Waals surface area contributed by atoms with Gasteiger partial charge in [0.1, 0.15) is 11.6 Å². The largest absolute Gasteiger partial charge is 0.496 e. The molecule has 0 aliphatic rings. The SMILES string of the molecule is C=CC(N)c1c(F)cccc1OC. The molecule has 0 aliphatic heterocycles. The number of hydrogen-bond donors (Lipinski definition) is 1. The van der Waals surface area contributed by atoms with Crippen molar-refractivity contribution in [1.29, 1.82) is 0 Å². The van der Waals surface area contributed by atoms with Gasteiger partial charge in [0.15, 0.2) is 0 Å². The van der Waals surface area contributed by atoms with Gasteiger partial charge in [-0.25, -0.2) is 4.39 Å². The van der Waals surface area contributed by atoms with Crippen LogP contribution in [0.2, 0.25) is 0 Å². The summed E-state index contributed by atoms with van der Waals surface area (Å²) in [4.78, 5) is 0. The highest BCUT2D eigenvalue weighted by molar-refractivity contribution is 5.38. The Morgan fingerprint density at radius 3 is 2.85 bits per heavy atom. The fourth-order valence-corrected chi connectivity index (χ4v) is 1.14. The van der Waals surface area contributed by atoms with E-state index in [-0.39, 0.29) is 5.82 Å². The first-order valence-corrected chi connectivity index (χ1v) is 3.91. The molecule has 1 aromatic carbocycles. The van der Waals surface area contributed by atoms with Crippen LogP contribution in [0.3, 0.4) is 0 Å². The van der Waals surface area contributed by atoms with Crippen molar-refractivity contribution in [2.45, 2.75) is 6.04 Å². The van der Waals surface area contributed by atoms with E-state index in [9.17, 15) is 4.39 Å². The molecule has 0 bridgehead atoms. The van der Waals surface area contributed by atoms with Gasteiger partial charge in [0.05, 0.1) is 18.7 Å². The standard InChI is InChI=1S/C10H12FNO/c1-3-8(12)10-7(11)5-4-6-9(10)13-2/h3-6,8H,1,12H2,2H3. The first-order chi connectivity index (χ1) is 6.20. The number of nitrogens with two attached hydrogens (primary N) is 1. The molecule has 0 saturated heterocycles. The average molecular weight is 181 g/mol. The predicted octanol–water partition coefficient (Wildman–Crippen LogP) is 2.02. The zero-order valence-corrected chi connectivity index (χ0v) is 7.46. The number of benzene rings is 1. The van der Waals surface area contributed by atoms with Crippen LogP contribution in [-0.2, 0) is 0 Å². The second-order valence-corrected chi connectivity index (χ2v) is 2.62. The van der Waals surface area contributed by atoms with E-state index in [4.69, 9.17) is 10.5 Å². The van der Waals surface area contributed by atoms with E-state index < -0.39 is 6.04 Å². The van der Waals surface area contributed by atoms with Gasteiger partial charge in [-0.2, -0.15) is 0 Å². The normalized spacial score (nSPS) is 12.2. The molecular weight excluding hydrogens is 169 g/mol. The smallest absolute Gasteiger partial charge is 0.132 e. The third kappa shape index (κ3) is 1.87. The molecule has 0 amide bonds. The van der Waals surface area contributed by atoms with E-state index >= 15 is 0 Å². The van der Waals surface area contributed by atoms with Gasteiger partial charge in [0.25, 0.3) is 0 Å². The maximum absolute atomic E-state index is 13.3. The Morgan fingerprint density at radius 2 is 2.31 bits per heavy atom. The number of methoxy groups -OCH3 is 1. The number of halogens is 1. The van der Waals surface area contributed by atoms with Crippen molar-refractivity contribution < 1.29 is 9.13 Å². The topological polar surface area (TPSA) is 35.2 Å². The molecule has 0 aromatic heterocycles. The molecule has 0 saturated carbocycles. The van der Waals surface area contributed by atoms with Crippen molar-refractivity contribution in [3.8, 4) is 5.75 Å². The van der Waals surface area contributed by atoms with Crippen LogP contribution < -0.4 is 10.5 Å². The number of hydrogen-bond acceptors (Lipinski definition) is 2. The molecule has 2 N–H and O–H groups in total. The van der Waals surface area contributed by atoms with Crippen LogP contribution in [0, 0.1) is 5.82 Å². The molecule has 3 heteroatoms. The lowest BCUT2D eigenvalue weighted by molar-refractivity contribution is 0.402. The highest BCUT2D eigenvalue weighted by Crippen LogP contribution is 2.26. The summed E-state index contributed by atoms with van der Waals surface area (Å²) in [6, 6.07) is 4.06. The van der Waals surface area contributed by atoms with Gasteiger partial charge in [0.2, 0.25) is 0 Å². The molecule has 1 unspecified atom stereocenters. The van der Waals surface area contributed by atoms with Gasteiger partial charge in [0, 0.05) is 0 Å². The zero-order valence-electron chi connectivity index (χ0n) is 7.46. The van der Waals surface area contributed by atoms with E-state index in [1.165, 1.54) is 19.3 Å². The van der Waals surface area contributed by atoms with Gasteiger partial charge >= 0.3 is 0 Å². The van der Waals surface area contributed by atoms with Crippen LogP contribution in [-0.4, -0.2) is 7.11 Å². The second kappa shape index (κ2) is 4.05. The fourth-order valence-electron chi connectivity index (χ4n) is 1.14.